The molecule has 1 unspecified atom stereocenters. The molecule has 0 aromatic heterocycles. The summed E-state index contributed by atoms with van der Waals surface area (Å²) in [6.07, 6.45) is 1.16. The van der Waals surface area contributed by atoms with E-state index < -0.39 is 28.6 Å². The lowest BCUT2D eigenvalue weighted by atomic mass is 9.84. The van der Waals surface area contributed by atoms with Crippen molar-refractivity contribution in [2.75, 3.05) is 0 Å². The van der Waals surface area contributed by atoms with Gasteiger partial charge < -0.3 is 15.2 Å². The molecule has 2 N–H and O–H groups in total. The molecular weight excluding hydrogens is 340 g/mol. The summed E-state index contributed by atoms with van der Waals surface area (Å²) in [4.78, 5) is 34.2. The highest BCUT2D eigenvalue weighted by molar-refractivity contribution is 5.90. The molecule has 8 heteroatoms. The maximum Gasteiger partial charge on any atom is 0.407 e. The van der Waals surface area contributed by atoms with Gasteiger partial charge in [0.1, 0.15) is 5.60 Å². The first-order valence-corrected chi connectivity index (χ1v) is 8.50. The van der Waals surface area contributed by atoms with Crippen LogP contribution in [0, 0.1) is 16.0 Å². The lowest BCUT2D eigenvalue weighted by Crippen LogP contribution is -2.41. The molecule has 2 rings (SSSR count). The molecule has 1 saturated carbocycles. The van der Waals surface area contributed by atoms with E-state index in [1.165, 1.54) is 18.2 Å². The Balaban J connectivity index is 2.34. The Hall–Kier alpha value is -2.64. The summed E-state index contributed by atoms with van der Waals surface area (Å²) in [5.41, 5.74) is -0.431. The van der Waals surface area contributed by atoms with E-state index in [0.717, 1.165) is 12.8 Å². The van der Waals surface area contributed by atoms with Gasteiger partial charge in [-0.3, -0.25) is 10.1 Å². The van der Waals surface area contributed by atoms with Crippen LogP contribution < -0.4 is 5.32 Å². The molecule has 1 aliphatic carbocycles. The molecule has 8 nitrogen and oxygen atoms in total. The van der Waals surface area contributed by atoms with E-state index in [1.807, 2.05) is 0 Å². The molecule has 26 heavy (non-hydrogen) atoms. The van der Waals surface area contributed by atoms with E-state index in [-0.39, 0.29) is 23.1 Å². The number of carboxylic acids is 1. The summed E-state index contributed by atoms with van der Waals surface area (Å²) in [5, 5.41) is 23.3. The number of alkyl carbamates (subject to hydrolysis) is 1. The second kappa shape index (κ2) is 7.31. The van der Waals surface area contributed by atoms with Gasteiger partial charge in [-0.25, -0.2) is 9.59 Å². The van der Waals surface area contributed by atoms with E-state index >= 15 is 0 Å². The number of carboxylic acid groups (broad SMARTS) is 1. The standard InChI is InChI=1S/C18H24N2O6/c1-10(19-17(23)26-18(2,3)4)15(11-5-6-11)14-9-12(20(24)25)7-8-13(14)16(21)22/h7-11,15H,5-6H2,1-4H3,(H,19,23)(H,21,22)/t10-,15?/m1/s1. The highest BCUT2D eigenvalue weighted by atomic mass is 16.6. The van der Waals surface area contributed by atoms with Crippen molar-refractivity contribution in [3.63, 3.8) is 0 Å². The zero-order valence-electron chi connectivity index (χ0n) is 15.3. The smallest absolute Gasteiger partial charge is 0.407 e. The molecule has 2 atom stereocenters. The number of nitro groups is 1. The van der Waals surface area contributed by atoms with Crippen LogP contribution in [0.1, 0.15) is 62.4 Å². The van der Waals surface area contributed by atoms with Gasteiger partial charge in [0.15, 0.2) is 0 Å². The predicted octanol–water partition coefficient (Wildman–Crippen LogP) is 3.70. The third-order valence-corrected chi connectivity index (χ3v) is 4.25. The van der Waals surface area contributed by atoms with Gasteiger partial charge in [0.05, 0.1) is 10.5 Å². The molecule has 0 radical (unpaired) electrons. The Bertz CT molecular complexity index is 721. The summed E-state index contributed by atoms with van der Waals surface area (Å²) in [6.45, 7) is 7.01. The molecular formula is C18H24N2O6. The van der Waals surface area contributed by atoms with E-state index in [2.05, 4.69) is 5.32 Å². The molecule has 1 aromatic rings. The molecule has 0 aliphatic heterocycles. The Morgan fingerprint density at radius 2 is 1.96 bits per heavy atom. The van der Waals surface area contributed by atoms with Gasteiger partial charge in [0.25, 0.3) is 5.69 Å². The number of non-ortho nitro benzene ring substituents is 1. The van der Waals surface area contributed by atoms with Gasteiger partial charge in [-0.15, -0.1) is 0 Å². The Labute approximate surface area is 151 Å². The summed E-state index contributed by atoms with van der Waals surface area (Å²) >= 11 is 0. The average molecular weight is 364 g/mol. The van der Waals surface area contributed by atoms with Gasteiger partial charge >= 0.3 is 12.1 Å². The molecule has 1 fully saturated rings. The molecule has 1 amide bonds. The van der Waals surface area contributed by atoms with Crippen molar-refractivity contribution in [2.45, 2.75) is 58.1 Å². The fourth-order valence-corrected chi connectivity index (χ4v) is 3.10. The minimum absolute atomic E-state index is 0.0188. The summed E-state index contributed by atoms with van der Waals surface area (Å²) in [6, 6.07) is 3.31. The predicted molar refractivity (Wildman–Crippen MR) is 94.4 cm³/mol. The number of amides is 1. The van der Waals surface area contributed by atoms with Crippen LogP contribution in [0.15, 0.2) is 18.2 Å². The van der Waals surface area contributed by atoms with Crippen LogP contribution in [0.2, 0.25) is 0 Å². The normalized spacial score (nSPS) is 16.5. The average Bonchev–Trinajstić information content (AvgIpc) is 3.29. The molecule has 1 aromatic carbocycles. The number of carbonyl (C=O) groups excluding carboxylic acids is 1. The molecule has 1 aliphatic rings. The second-order valence-electron chi connectivity index (χ2n) is 7.63. The Kier molecular flexibility index (Phi) is 5.53. The lowest BCUT2D eigenvalue weighted by molar-refractivity contribution is -0.384. The lowest BCUT2D eigenvalue weighted by Gasteiger charge is -2.28. The van der Waals surface area contributed by atoms with Gasteiger partial charge in [0.2, 0.25) is 0 Å². The van der Waals surface area contributed by atoms with Gasteiger partial charge in [-0.1, -0.05) is 0 Å². The van der Waals surface area contributed by atoms with E-state index in [1.54, 1.807) is 27.7 Å². The molecule has 0 heterocycles. The quantitative estimate of drug-likeness (QED) is 0.587. The van der Waals surface area contributed by atoms with Gasteiger partial charge in [0, 0.05) is 24.1 Å². The summed E-state index contributed by atoms with van der Waals surface area (Å²) in [7, 11) is 0. The van der Waals surface area contributed by atoms with E-state index in [4.69, 9.17) is 4.74 Å². The minimum atomic E-state index is -1.15. The van der Waals surface area contributed by atoms with Crippen LogP contribution in [0.25, 0.3) is 0 Å². The summed E-state index contributed by atoms with van der Waals surface area (Å²) < 4.78 is 5.26. The first kappa shape index (κ1) is 19.7. The zero-order valence-corrected chi connectivity index (χ0v) is 15.3. The number of nitrogens with one attached hydrogen (secondary N) is 1. The highest BCUT2D eigenvalue weighted by Gasteiger charge is 2.39. The van der Waals surface area contributed by atoms with Crippen LogP contribution in [-0.4, -0.2) is 33.7 Å². The Morgan fingerprint density at radius 1 is 1.35 bits per heavy atom. The number of nitrogens with zero attached hydrogens (tertiary/aromatic N) is 1. The van der Waals surface area contributed by atoms with Crippen molar-refractivity contribution < 1.29 is 24.4 Å². The number of hydrogen-bond acceptors (Lipinski definition) is 5. The topological polar surface area (TPSA) is 119 Å². The maximum atomic E-state index is 12.1. The Morgan fingerprint density at radius 3 is 2.42 bits per heavy atom. The van der Waals surface area contributed by atoms with Crippen molar-refractivity contribution in [3.05, 3.63) is 39.4 Å². The van der Waals surface area contributed by atoms with E-state index in [9.17, 15) is 24.8 Å². The van der Waals surface area contributed by atoms with Crippen LogP contribution >= 0.6 is 0 Å². The van der Waals surface area contributed by atoms with Crippen LogP contribution in [0.5, 0.6) is 0 Å². The number of hydrogen-bond donors (Lipinski definition) is 2. The number of aromatic carboxylic acids is 1. The van der Waals surface area contributed by atoms with Crippen LogP contribution in [0.3, 0.4) is 0 Å². The van der Waals surface area contributed by atoms with Gasteiger partial charge in [-0.05, 0) is 58.1 Å². The second-order valence-corrected chi connectivity index (χ2v) is 7.63. The van der Waals surface area contributed by atoms with Crippen molar-refractivity contribution in [2.24, 2.45) is 5.92 Å². The van der Waals surface area contributed by atoms with Crippen molar-refractivity contribution in [1.82, 2.24) is 5.32 Å². The monoisotopic (exact) mass is 364 g/mol. The fraction of sp³-hybridized carbons (Fsp3) is 0.556. The number of ether oxygens (including phenoxy) is 1. The van der Waals surface area contributed by atoms with Gasteiger partial charge in [-0.2, -0.15) is 0 Å². The van der Waals surface area contributed by atoms with Crippen molar-refractivity contribution >= 4 is 17.7 Å². The number of nitro benzene ring substituents is 1. The molecule has 142 valence electrons. The highest BCUT2D eigenvalue weighted by Crippen LogP contribution is 2.46. The minimum Gasteiger partial charge on any atom is -0.478 e. The van der Waals surface area contributed by atoms with E-state index in [0.29, 0.717) is 5.56 Å². The number of carbonyl (C=O) groups is 2. The van der Waals surface area contributed by atoms with Crippen molar-refractivity contribution in [3.8, 4) is 0 Å². The van der Waals surface area contributed by atoms with Crippen molar-refractivity contribution in [1.29, 1.82) is 0 Å². The third-order valence-electron chi connectivity index (χ3n) is 4.25. The number of benzene rings is 1. The van der Waals surface area contributed by atoms with Crippen LogP contribution in [0.4, 0.5) is 10.5 Å². The molecule has 0 saturated heterocycles. The molecule has 0 spiro atoms. The largest absolute Gasteiger partial charge is 0.478 e. The fourth-order valence-electron chi connectivity index (χ4n) is 3.10. The third kappa shape index (κ3) is 4.93. The molecule has 0 bridgehead atoms. The zero-order chi connectivity index (χ0) is 19.6. The SMILES string of the molecule is C[C@@H](NC(=O)OC(C)(C)C)C(c1cc([N+](=O)[O-])ccc1C(=O)O)C1CC1. The number of rotatable bonds is 6. The summed E-state index contributed by atoms with van der Waals surface area (Å²) in [5.74, 6) is -1.32. The first-order valence-electron chi connectivity index (χ1n) is 8.50. The first-order chi connectivity index (χ1) is 12.0. The maximum absolute atomic E-state index is 12.1. The van der Waals surface area contributed by atoms with Crippen LogP contribution in [-0.2, 0) is 4.74 Å².